The van der Waals surface area contributed by atoms with Gasteiger partial charge in [-0.2, -0.15) is 0 Å². The van der Waals surface area contributed by atoms with E-state index in [9.17, 15) is 0 Å². The number of para-hydroxylation sites is 1. The molecule has 1 heterocycles. The van der Waals surface area contributed by atoms with Gasteiger partial charge in [-0.25, -0.2) is 0 Å². The smallest absolute Gasteiger partial charge is 0.170 e. The summed E-state index contributed by atoms with van der Waals surface area (Å²) in [4.78, 5) is 2.04. The normalized spacial score (nSPS) is 15.9. The minimum Gasteiger partial charge on any atom is -0.376 e. The van der Waals surface area contributed by atoms with Crippen LogP contribution in [0.4, 0.5) is 5.69 Å². The van der Waals surface area contributed by atoms with Crippen molar-refractivity contribution in [2.24, 2.45) is 5.73 Å². The molecule has 1 aliphatic rings. The van der Waals surface area contributed by atoms with Gasteiger partial charge in [-0.05, 0) is 43.1 Å². The summed E-state index contributed by atoms with van der Waals surface area (Å²) in [6.07, 6.45) is 3.51. The van der Waals surface area contributed by atoms with Crippen LogP contribution < -0.4 is 10.6 Å². The highest BCUT2D eigenvalue weighted by molar-refractivity contribution is 7.80. The monoisotopic (exact) mass is 206 g/mol. The summed E-state index contributed by atoms with van der Waals surface area (Å²) < 4.78 is 0. The standard InChI is InChI=1S/C11H14N2S/c12-11(14)13-8-4-3-6-9-5-1-2-7-10(9)13/h1-2,5,7H,3-4,6,8H2,(H2,12,14). The summed E-state index contributed by atoms with van der Waals surface area (Å²) in [5, 5.41) is 0.486. The summed E-state index contributed by atoms with van der Waals surface area (Å²) in [5.41, 5.74) is 8.26. The molecule has 2 N–H and O–H groups in total. The molecule has 14 heavy (non-hydrogen) atoms. The molecule has 0 bridgehead atoms. The number of rotatable bonds is 0. The van der Waals surface area contributed by atoms with Gasteiger partial charge < -0.3 is 10.6 Å². The topological polar surface area (TPSA) is 29.3 Å². The minimum atomic E-state index is 0.486. The van der Waals surface area contributed by atoms with E-state index in [1.807, 2.05) is 11.0 Å². The van der Waals surface area contributed by atoms with Crippen LogP contribution in [-0.4, -0.2) is 11.7 Å². The van der Waals surface area contributed by atoms with Crippen molar-refractivity contribution in [1.82, 2.24) is 0 Å². The SMILES string of the molecule is NC(=S)N1CCCCc2ccccc21. The molecule has 0 saturated heterocycles. The van der Waals surface area contributed by atoms with Crippen LogP contribution in [0.5, 0.6) is 0 Å². The Balaban J connectivity index is 2.42. The van der Waals surface area contributed by atoms with Gasteiger partial charge in [0.1, 0.15) is 0 Å². The van der Waals surface area contributed by atoms with Crippen molar-refractivity contribution in [2.75, 3.05) is 11.4 Å². The maximum absolute atomic E-state index is 5.71. The van der Waals surface area contributed by atoms with Gasteiger partial charge in [-0.3, -0.25) is 0 Å². The zero-order valence-electron chi connectivity index (χ0n) is 8.07. The van der Waals surface area contributed by atoms with E-state index in [0.29, 0.717) is 5.11 Å². The fourth-order valence-electron chi connectivity index (χ4n) is 1.92. The Labute approximate surface area is 89.7 Å². The fraction of sp³-hybridized carbons (Fsp3) is 0.364. The van der Waals surface area contributed by atoms with E-state index in [0.717, 1.165) is 19.4 Å². The molecule has 3 heteroatoms. The second kappa shape index (κ2) is 3.96. The van der Waals surface area contributed by atoms with Gasteiger partial charge in [0.2, 0.25) is 0 Å². The van der Waals surface area contributed by atoms with Gasteiger partial charge in [0, 0.05) is 12.2 Å². The number of nitrogens with two attached hydrogens (primary N) is 1. The summed E-state index contributed by atoms with van der Waals surface area (Å²) in [5.74, 6) is 0. The summed E-state index contributed by atoms with van der Waals surface area (Å²) in [6, 6.07) is 8.36. The molecule has 0 saturated carbocycles. The highest BCUT2D eigenvalue weighted by Crippen LogP contribution is 2.25. The average Bonchev–Trinajstić information content (AvgIpc) is 2.39. The molecule has 2 nitrogen and oxygen atoms in total. The van der Waals surface area contributed by atoms with E-state index < -0.39 is 0 Å². The molecule has 2 rings (SSSR count). The first-order chi connectivity index (χ1) is 6.79. The lowest BCUT2D eigenvalue weighted by Gasteiger charge is -2.22. The molecule has 1 aliphatic heterocycles. The van der Waals surface area contributed by atoms with Gasteiger partial charge in [0.05, 0.1) is 0 Å². The Kier molecular flexibility index (Phi) is 2.68. The van der Waals surface area contributed by atoms with E-state index >= 15 is 0 Å². The maximum Gasteiger partial charge on any atom is 0.170 e. The van der Waals surface area contributed by atoms with E-state index in [2.05, 4.69) is 18.2 Å². The molecule has 0 fully saturated rings. The molecule has 0 amide bonds. The zero-order chi connectivity index (χ0) is 9.97. The predicted molar refractivity (Wildman–Crippen MR) is 63.5 cm³/mol. The average molecular weight is 206 g/mol. The van der Waals surface area contributed by atoms with Crippen LogP contribution in [0.3, 0.4) is 0 Å². The van der Waals surface area contributed by atoms with Gasteiger partial charge in [0.25, 0.3) is 0 Å². The fourth-order valence-corrected chi connectivity index (χ4v) is 2.11. The Hall–Kier alpha value is -1.09. The number of hydrogen-bond donors (Lipinski definition) is 1. The van der Waals surface area contributed by atoms with E-state index in [4.69, 9.17) is 18.0 Å². The zero-order valence-corrected chi connectivity index (χ0v) is 8.89. The van der Waals surface area contributed by atoms with E-state index in [1.54, 1.807) is 0 Å². The van der Waals surface area contributed by atoms with Gasteiger partial charge in [-0.15, -0.1) is 0 Å². The minimum absolute atomic E-state index is 0.486. The highest BCUT2D eigenvalue weighted by atomic mass is 32.1. The second-order valence-electron chi connectivity index (χ2n) is 3.58. The molecule has 1 aromatic rings. The lowest BCUT2D eigenvalue weighted by molar-refractivity contribution is 0.766. The van der Waals surface area contributed by atoms with Gasteiger partial charge >= 0.3 is 0 Å². The Morgan fingerprint density at radius 3 is 2.86 bits per heavy atom. The van der Waals surface area contributed by atoms with Crippen molar-refractivity contribution in [2.45, 2.75) is 19.3 Å². The Morgan fingerprint density at radius 1 is 1.29 bits per heavy atom. The van der Waals surface area contributed by atoms with Crippen molar-refractivity contribution in [3.63, 3.8) is 0 Å². The maximum atomic E-state index is 5.71. The van der Waals surface area contributed by atoms with Crippen molar-refractivity contribution in [3.8, 4) is 0 Å². The van der Waals surface area contributed by atoms with Gasteiger partial charge in [-0.1, -0.05) is 18.2 Å². The molecule has 0 aromatic heterocycles. The molecule has 74 valence electrons. The second-order valence-corrected chi connectivity index (χ2v) is 3.99. The summed E-state index contributed by atoms with van der Waals surface area (Å²) in [7, 11) is 0. The molecule has 0 spiro atoms. The summed E-state index contributed by atoms with van der Waals surface area (Å²) in [6.45, 7) is 0.951. The number of anilines is 1. The Bertz CT molecular complexity index is 349. The van der Waals surface area contributed by atoms with Crippen LogP contribution in [0.15, 0.2) is 24.3 Å². The third-order valence-corrected chi connectivity index (χ3v) is 2.85. The molecule has 1 aromatic carbocycles. The van der Waals surface area contributed by atoms with Crippen LogP contribution in [0.2, 0.25) is 0 Å². The van der Waals surface area contributed by atoms with Crippen molar-refractivity contribution in [3.05, 3.63) is 29.8 Å². The number of thiocarbonyl (C=S) groups is 1. The quantitative estimate of drug-likeness (QED) is 0.659. The van der Waals surface area contributed by atoms with Crippen LogP contribution in [0, 0.1) is 0 Å². The lowest BCUT2D eigenvalue weighted by atomic mass is 10.1. The van der Waals surface area contributed by atoms with Crippen molar-refractivity contribution >= 4 is 23.0 Å². The number of hydrogen-bond acceptors (Lipinski definition) is 1. The van der Waals surface area contributed by atoms with E-state index in [1.165, 1.54) is 17.7 Å². The first-order valence-corrected chi connectivity index (χ1v) is 5.35. The molecular weight excluding hydrogens is 192 g/mol. The number of aryl methyl sites for hydroxylation is 1. The predicted octanol–water partition coefficient (Wildman–Crippen LogP) is 2.07. The third kappa shape index (κ3) is 1.73. The number of fused-ring (bicyclic) bond motifs is 1. The third-order valence-electron chi connectivity index (χ3n) is 2.63. The highest BCUT2D eigenvalue weighted by Gasteiger charge is 2.15. The summed E-state index contributed by atoms with van der Waals surface area (Å²) >= 11 is 5.06. The van der Waals surface area contributed by atoms with Crippen molar-refractivity contribution < 1.29 is 0 Å². The van der Waals surface area contributed by atoms with Crippen LogP contribution in [0.1, 0.15) is 18.4 Å². The van der Waals surface area contributed by atoms with Crippen molar-refractivity contribution in [1.29, 1.82) is 0 Å². The molecule has 0 unspecified atom stereocenters. The van der Waals surface area contributed by atoms with Crippen LogP contribution >= 0.6 is 12.2 Å². The first-order valence-electron chi connectivity index (χ1n) is 4.94. The Morgan fingerprint density at radius 2 is 2.07 bits per heavy atom. The van der Waals surface area contributed by atoms with Crippen LogP contribution in [-0.2, 0) is 6.42 Å². The number of nitrogens with zero attached hydrogens (tertiary/aromatic N) is 1. The molecule has 0 radical (unpaired) electrons. The van der Waals surface area contributed by atoms with Crippen LogP contribution in [0.25, 0.3) is 0 Å². The lowest BCUT2D eigenvalue weighted by Crippen LogP contribution is -2.36. The first kappa shape index (κ1) is 9.46. The largest absolute Gasteiger partial charge is 0.376 e. The molecule has 0 atom stereocenters. The molecular formula is C11H14N2S. The number of benzene rings is 1. The van der Waals surface area contributed by atoms with E-state index in [-0.39, 0.29) is 0 Å². The molecule has 0 aliphatic carbocycles. The van der Waals surface area contributed by atoms with Gasteiger partial charge in [0.15, 0.2) is 5.11 Å².